The van der Waals surface area contributed by atoms with Gasteiger partial charge in [-0.15, -0.1) is 0 Å². The van der Waals surface area contributed by atoms with Crippen LogP contribution in [-0.4, -0.2) is 42.5 Å². The largest absolute Gasteiger partial charge is 0.495 e. The first-order chi connectivity index (χ1) is 13.5. The van der Waals surface area contributed by atoms with Crippen LogP contribution in [0.5, 0.6) is 5.75 Å². The van der Waals surface area contributed by atoms with E-state index in [1.807, 2.05) is 0 Å². The van der Waals surface area contributed by atoms with E-state index in [0.29, 0.717) is 35.0 Å². The minimum Gasteiger partial charge on any atom is -0.495 e. The number of nitrogens with zero attached hydrogens (tertiary/aromatic N) is 2. The minimum absolute atomic E-state index is 0.0894. The summed E-state index contributed by atoms with van der Waals surface area (Å²) in [5, 5.41) is 0.432. The van der Waals surface area contributed by atoms with Crippen LogP contribution in [0.3, 0.4) is 0 Å². The summed E-state index contributed by atoms with van der Waals surface area (Å²) in [7, 11) is 1.53. The first-order valence-electron chi connectivity index (χ1n) is 8.89. The molecule has 2 fully saturated rings. The van der Waals surface area contributed by atoms with Crippen molar-refractivity contribution in [2.24, 2.45) is 0 Å². The van der Waals surface area contributed by atoms with Crippen molar-refractivity contribution in [1.82, 2.24) is 4.90 Å². The Morgan fingerprint density at radius 3 is 2.79 bits per heavy atom. The highest BCUT2D eigenvalue weighted by Gasteiger charge is 2.51. The quantitative estimate of drug-likeness (QED) is 0.738. The van der Waals surface area contributed by atoms with Gasteiger partial charge in [0.1, 0.15) is 17.6 Å². The maximum absolute atomic E-state index is 13.2. The minimum atomic E-state index is -0.490. The summed E-state index contributed by atoms with van der Waals surface area (Å²) in [6.07, 6.45) is 3.53. The zero-order valence-corrected chi connectivity index (χ0v) is 15.9. The van der Waals surface area contributed by atoms with Gasteiger partial charge in [0, 0.05) is 18.3 Å². The SMILES string of the molecule is COc1ccc(N2C(=O)[C@@H]3C[C@H]2CN3C(=O)C=Cc2cccc(F)c2)cc1Cl. The Bertz CT molecular complexity index is 978. The smallest absolute Gasteiger partial charge is 0.250 e. The van der Waals surface area contributed by atoms with Crippen LogP contribution in [0.2, 0.25) is 5.02 Å². The number of halogens is 2. The molecule has 2 aliphatic rings. The average Bonchev–Trinajstić information content (AvgIpc) is 3.24. The van der Waals surface area contributed by atoms with Gasteiger partial charge in [-0.25, -0.2) is 4.39 Å². The third-order valence-electron chi connectivity index (χ3n) is 5.13. The number of fused-ring (bicyclic) bond motifs is 2. The predicted molar refractivity (Wildman–Crippen MR) is 105 cm³/mol. The van der Waals surface area contributed by atoms with Gasteiger partial charge >= 0.3 is 0 Å². The molecular formula is C21H18ClFN2O3. The van der Waals surface area contributed by atoms with Gasteiger partial charge in [0.25, 0.3) is 0 Å². The zero-order valence-electron chi connectivity index (χ0n) is 15.1. The van der Waals surface area contributed by atoms with Crippen molar-refractivity contribution in [3.05, 3.63) is 64.9 Å². The molecular weight excluding hydrogens is 383 g/mol. The van der Waals surface area contributed by atoms with E-state index in [0.717, 1.165) is 0 Å². The van der Waals surface area contributed by atoms with Crippen LogP contribution >= 0.6 is 11.6 Å². The van der Waals surface area contributed by atoms with Crippen LogP contribution in [0.15, 0.2) is 48.5 Å². The summed E-state index contributed by atoms with van der Waals surface area (Å²) in [5.41, 5.74) is 1.30. The number of piperazine rings is 1. The fourth-order valence-corrected chi connectivity index (χ4v) is 4.09. The molecule has 2 bridgehead atoms. The zero-order chi connectivity index (χ0) is 19.8. The molecule has 0 saturated carbocycles. The van der Waals surface area contributed by atoms with Crippen molar-refractivity contribution >= 4 is 35.2 Å². The fraction of sp³-hybridized carbons (Fsp3) is 0.238. The molecule has 2 saturated heterocycles. The van der Waals surface area contributed by atoms with E-state index >= 15 is 0 Å². The maximum Gasteiger partial charge on any atom is 0.250 e. The molecule has 2 aliphatic heterocycles. The lowest BCUT2D eigenvalue weighted by atomic mass is 10.2. The Morgan fingerprint density at radius 1 is 1.29 bits per heavy atom. The van der Waals surface area contributed by atoms with E-state index in [-0.39, 0.29) is 23.7 Å². The van der Waals surface area contributed by atoms with Gasteiger partial charge in [0.2, 0.25) is 11.8 Å². The lowest BCUT2D eigenvalue weighted by molar-refractivity contribution is -0.134. The number of methoxy groups -OCH3 is 1. The van der Waals surface area contributed by atoms with Crippen molar-refractivity contribution in [2.45, 2.75) is 18.5 Å². The Kier molecular flexibility index (Phi) is 4.81. The van der Waals surface area contributed by atoms with Crippen LogP contribution in [0, 0.1) is 5.82 Å². The Balaban J connectivity index is 1.48. The molecule has 28 heavy (non-hydrogen) atoms. The number of hydrogen-bond acceptors (Lipinski definition) is 3. The normalized spacial score (nSPS) is 21.0. The van der Waals surface area contributed by atoms with Crippen molar-refractivity contribution in [1.29, 1.82) is 0 Å². The van der Waals surface area contributed by atoms with Crippen molar-refractivity contribution in [3.63, 3.8) is 0 Å². The van der Waals surface area contributed by atoms with E-state index < -0.39 is 6.04 Å². The topological polar surface area (TPSA) is 49.9 Å². The Hall–Kier alpha value is -2.86. The van der Waals surface area contributed by atoms with Crippen LogP contribution in [-0.2, 0) is 9.59 Å². The van der Waals surface area contributed by atoms with Crippen molar-refractivity contribution < 1.29 is 18.7 Å². The standard InChI is InChI=1S/C21H18ClFN2O3/c1-28-19-7-6-15(10-17(19)22)25-16-11-18(21(25)27)24(12-16)20(26)8-5-13-3-2-4-14(23)9-13/h2-10,16,18H,11-12H2,1H3/t16-,18-/m0/s1. The summed E-state index contributed by atoms with van der Waals surface area (Å²) >= 11 is 6.18. The third kappa shape index (κ3) is 3.24. The number of benzene rings is 2. The van der Waals surface area contributed by atoms with Crippen molar-refractivity contribution in [3.8, 4) is 5.75 Å². The van der Waals surface area contributed by atoms with E-state index in [4.69, 9.17) is 16.3 Å². The lowest BCUT2D eigenvalue weighted by Gasteiger charge is -2.33. The van der Waals surface area contributed by atoms with E-state index in [1.165, 1.54) is 25.3 Å². The van der Waals surface area contributed by atoms with Crippen molar-refractivity contribution in [2.75, 3.05) is 18.6 Å². The Labute approximate surface area is 166 Å². The molecule has 2 aromatic rings. The second-order valence-electron chi connectivity index (χ2n) is 6.81. The molecule has 0 radical (unpaired) electrons. The molecule has 0 spiro atoms. The second-order valence-corrected chi connectivity index (χ2v) is 7.22. The monoisotopic (exact) mass is 400 g/mol. The number of carbonyl (C=O) groups excluding carboxylic acids is 2. The summed E-state index contributed by atoms with van der Waals surface area (Å²) < 4.78 is 18.4. The van der Waals surface area contributed by atoms with Gasteiger partial charge in [-0.05, 0) is 48.4 Å². The molecule has 0 aliphatic carbocycles. The summed E-state index contributed by atoms with van der Waals surface area (Å²) in [6.45, 7) is 0.451. The van der Waals surface area contributed by atoms with Crippen LogP contribution in [0.4, 0.5) is 10.1 Å². The van der Waals surface area contributed by atoms with E-state index in [9.17, 15) is 14.0 Å². The molecule has 2 amide bonds. The number of hydrogen-bond donors (Lipinski definition) is 0. The van der Waals surface area contributed by atoms with Crippen LogP contribution in [0.1, 0.15) is 12.0 Å². The Morgan fingerprint density at radius 2 is 2.11 bits per heavy atom. The molecule has 144 valence electrons. The van der Waals surface area contributed by atoms with Gasteiger partial charge in [-0.3, -0.25) is 9.59 Å². The van der Waals surface area contributed by atoms with Gasteiger partial charge in [0.15, 0.2) is 0 Å². The van der Waals surface area contributed by atoms with E-state index in [2.05, 4.69) is 0 Å². The molecule has 7 heteroatoms. The lowest BCUT2D eigenvalue weighted by Crippen LogP contribution is -2.52. The number of likely N-dealkylation sites (tertiary alicyclic amines) is 1. The number of carbonyl (C=O) groups is 2. The van der Waals surface area contributed by atoms with E-state index in [1.54, 1.807) is 46.2 Å². The first kappa shape index (κ1) is 18.5. The highest BCUT2D eigenvalue weighted by molar-refractivity contribution is 6.32. The summed E-state index contributed by atoms with van der Waals surface area (Å²) in [4.78, 5) is 28.7. The predicted octanol–water partition coefficient (Wildman–Crippen LogP) is 3.52. The number of ether oxygens (including phenoxy) is 1. The molecule has 2 heterocycles. The summed E-state index contributed by atoms with van der Waals surface area (Å²) in [5.74, 6) is -0.192. The molecule has 4 rings (SSSR count). The number of rotatable bonds is 4. The van der Waals surface area contributed by atoms with Crippen LogP contribution in [0.25, 0.3) is 6.08 Å². The fourth-order valence-electron chi connectivity index (χ4n) is 3.84. The molecule has 2 atom stereocenters. The average molecular weight is 401 g/mol. The van der Waals surface area contributed by atoms with Crippen LogP contribution < -0.4 is 9.64 Å². The third-order valence-corrected chi connectivity index (χ3v) is 5.43. The van der Waals surface area contributed by atoms with Gasteiger partial charge < -0.3 is 14.5 Å². The molecule has 0 aromatic heterocycles. The molecule has 5 nitrogen and oxygen atoms in total. The highest BCUT2D eigenvalue weighted by Crippen LogP contribution is 2.38. The van der Waals surface area contributed by atoms with Gasteiger partial charge in [0.05, 0.1) is 18.2 Å². The number of amides is 2. The first-order valence-corrected chi connectivity index (χ1v) is 9.26. The summed E-state index contributed by atoms with van der Waals surface area (Å²) in [6, 6.07) is 10.6. The number of anilines is 1. The van der Waals surface area contributed by atoms with Gasteiger partial charge in [-0.1, -0.05) is 23.7 Å². The molecule has 0 unspecified atom stereocenters. The van der Waals surface area contributed by atoms with Gasteiger partial charge in [-0.2, -0.15) is 0 Å². The highest BCUT2D eigenvalue weighted by atomic mass is 35.5. The molecule has 0 N–H and O–H groups in total. The maximum atomic E-state index is 13.2. The molecule has 2 aromatic carbocycles. The second kappa shape index (κ2) is 7.28.